The molecule has 0 amide bonds. The number of benzene rings is 1. The Balaban J connectivity index is 2.96. The summed E-state index contributed by atoms with van der Waals surface area (Å²) in [5, 5.41) is 0. The molecule has 0 aliphatic heterocycles. The molecule has 1 rings (SSSR count). The number of hydrogen-bond acceptors (Lipinski definition) is 3. The third kappa shape index (κ3) is 5.51. The molecule has 1 aromatic carbocycles. The van der Waals surface area contributed by atoms with Gasteiger partial charge in [-0.3, -0.25) is 0 Å². The summed E-state index contributed by atoms with van der Waals surface area (Å²) in [7, 11) is 1.76. The molecule has 1 aromatic rings. The van der Waals surface area contributed by atoms with E-state index in [0.29, 0.717) is 12.2 Å². The van der Waals surface area contributed by atoms with Crippen molar-refractivity contribution in [3.05, 3.63) is 23.3 Å². The van der Waals surface area contributed by atoms with E-state index in [2.05, 4.69) is 6.92 Å². The second kappa shape index (κ2) is 8.04. The molecule has 0 bridgehead atoms. The van der Waals surface area contributed by atoms with Crippen molar-refractivity contribution in [3.8, 4) is 5.75 Å². The van der Waals surface area contributed by atoms with Crippen molar-refractivity contribution >= 4 is 19.7 Å². The van der Waals surface area contributed by atoms with Gasteiger partial charge in [0.15, 0.2) is 0 Å². The van der Waals surface area contributed by atoms with E-state index >= 15 is 0 Å². The maximum absolute atomic E-state index is 11.6. The Morgan fingerprint density at radius 1 is 1.19 bits per heavy atom. The smallest absolute Gasteiger partial charge is 0.261 e. The third-order valence-corrected chi connectivity index (χ3v) is 4.91. The molecule has 0 spiro atoms. The van der Waals surface area contributed by atoms with Crippen LogP contribution in [0.1, 0.15) is 63.5 Å². The fourth-order valence-electron chi connectivity index (χ4n) is 2.23. The van der Waals surface area contributed by atoms with Crippen molar-refractivity contribution in [1.29, 1.82) is 0 Å². The van der Waals surface area contributed by atoms with Crippen LogP contribution >= 0.6 is 10.7 Å². The lowest BCUT2D eigenvalue weighted by atomic mass is 10.0. The number of hydrogen-bond donors (Lipinski definition) is 0. The van der Waals surface area contributed by atoms with Crippen LogP contribution in [0.5, 0.6) is 5.75 Å². The summed E-state index contributed by atoms with van der Waals surface area (Å²) >= 11 is 0. The Kier molecular flexibility index (Phi) is 7.01. The fourth-order valence-corrected chi connectivity index (χ4v) is 3.44. The topological polar surface area (TPSA) is 43.4 Å². The molecule has 0 saturated heterocycles. The first-order chi connectivity index (χ1) is 9.77. The highest BCUT2D eigenvalue weighted by Crippen LogP contribution is 2.33. The highest BCUT2D eigenvalue weighted by molar-refractivity contribution is 8.13. The van der Waals surface area contributed by atoms with Crippen molar-refractivity contribution in [3.63, 3.8) is 0 Å². The van der Waals surface area contributed by atoms with Crippen molar-refractivity contribution in [2.24, 2.45) is 0 Å². The molecule has 0 unspecified atom stereocenters. The molecular weight excluding hydrogens is 308 g/mol. The molecule has 0 aromatic heterocycles. The summed E-state index contributed by atoms with van der Waals surface area (Å²) in [5.41, 5.74) is 1.51. The SMILES string of the molecule is CCCCCCOc1cc(C)c(S(=O)(=O)Cl)cc1C(C)C. The second-order valence-electron chi connectivity index (χ2n) is 5.66. The van der Waals surface area contributed by atoms with Crippen LogP contribution in [-0.4, -0.2) is 15.0 Å². The summed E-state index contributed by atoms with van der Waals surface area (Å²) in [6, 6.07) is 3.42. The molecule has 3 nitrogen and oxygen atoms in total. The molecule has 0 heterocycles. The molecule has 0 aliphatic rings. The number of aryl methyl sites for hydroxylation is 1. The zero-order chi connectivity index (χ0) is 16.0. The van der Waals surface area contributed by atoms with E-state index < -0.39 is 9.05 Å². The Morgan fingerprint density at radius 2 is 1.86 bits per heavy atom. The molecule has 0 fully saturated rings. The summed E-state index contributed by atoms with van der Waals surface area (Å²) in [6.07, 6.45) is 4.57. The first kappa shape index (κ1) is 18.3. The number of rotatable bonds is 8. The van der Waals surface area contributed by atoms with Crippen LogP contribution in [0.15, 0.2) is 17.0 Å². The Hall–Kier alpha value is -0.740. The van der Waals surface area contributed by atoms with Gasteiger partial charge in [0.25, 0.3) is 9.05 Å². The van der Waals surface area contributed by atoms with Crippen LogP contribution in [0, 0.1) is 6.92 Å². The second-order valence-corrected chi connectivity index (χ2v) is 8.19. The minimum absolute atomic E-state index is 0.172. The average molecular weight is 333 g/mol. The summed E-state index contributed by atoms with van der Waals surface area (Å²) in [6.45, 7) is 8.60. The van der Waals surface area contributed by atoms with Gasteiger partial charge in [-0.05, 0) is 42.5 Å². The molecular formula is C16H25ClO3S. The minimum Gasteiger partial charge on any atom is -0.493 e. The van der Waals surface area contributed by atoms with E-state index in [1.54, 1.807) is 19.1 Å². The summed E-state index contributed by atoms with van der Waals surface area (Å²) < 4.78 is 29.0. The van der Waals surface area contributed by atoms with Crippen molar-refractivity contribution in [2.45, 2.75) is 64.2 Å². The Bertz CT molecular complexity index is 565. The fraction of sp³-hybridized carbons (Fsp3) is 0.625. The van der Waals surface area contributed by atoms with Crippen molar-refractivity contribution in [2.75, 3.05) is 6.61 Å². The largest absolute Gasteiger partial charge is 0.493 e. The first-order valence-electron chi connectivity index (χ1n) is 7.49. The van der Waals surface area contributed by atoms with Gasteiger partial charge in [-0.25, -0.2) is 8.42 Å². The zero-order valence-electron chi connectivity index (χ0n) is 13.3. The predicted octanol–water partition coefficient (Wildman–Crippen LogP) is 5.01. The van der Waals surface area contributed by atoms with Crippen LogP contribution in [0.25, 0.3) is 0 Å². The van der Waals surface area contributed by atoms with Gasteiger partial charge in [-0.2, -0.15) is 0 Å². The van der Waals surface area contributed by atoms with Crippen LogP contribution in [-0.2, 0) is 9.05 Å². The molecule has 0 radical (unpaired) electrons. The first-order valence-corrected chi connectivity index (χ1v) is 9.80. The summed E-state index contributed by atoms with van der Waals surface area (Å²) in [5.74, 6) is 0.941. The van der Waals surface area contributed by atoms with E-state index in [4.69, 9.17) is 15.4 Å². The van der Waals surface area contributed by atoms with E-state index in [9.17, 15) is 8.42 Å². The maximum Gasteiger partial charge on any atom is 0.261 e. The zero-order valence-corrected chi connectivity index (χ0v) is 14.9. The summed E-state index contributed by atoms with van der Waals surface area (Å²) in [4.78, 5) is 0.172. The number of ether oxygens (including phenoxy) is 1. The lowest BCUT2D eigenvalue weighted by molar-refractivity contribution is 0.300. The van der Waals surface area contributed by atoms with Crippen LogP contribution < -0.4 is 4.74 Å². The van der Waals surface area contributed by atoms with Gasteiger partial charge in [-0.1, -0.05) is 40.0 Å². The normalized spacial score (nSPS) is 11.9. The van der Waals surface area contributed by atoms with Gasteiger partial charge >= 0.3 is 0 Å². The lowest BCUT2D eigenvalue weighted by Crippen LogP contribution is -2.05. The van der Waals surface area contributed by atoms with Gasteiger partial charge in [0, 0.05) is 10.7 Å². The molecule has 0 aliphatic carbocycles. The van der Waals surface area contributed by atoms with Gasteiger partial charge in [0.1, 0.15) is 5.75 Å². The monoisotopic (exact) mass is 332 g/mol. The predicted molar refractivity (Wildman–Crippen MR) is 87.9 cm³/mol. The van der Waals surface area contributed by atoms with Crippen molar-refractivity contribution < 1.29 is 13.2 Å². The standard InChI is InChI=1S/C16H25ClO3S/c1-5-6-7-8-9-20-15-10-13(4)16(21(17,18)19)11-14(15)12(2)3/h10-12H,5-9H2,1-4H3. The minimum atomic E-state index is -3.72. The molecule has 0 N–H and O–H groups in total. The van der Waals surface area contributed by atoms with Crippen LogP contribution in [0.3, 0.4) is 0 Å². The molecule has 0 atom stereocenters. The van der Waals surface area contributed by atoms with Crippen LogP contribution in [0.4, 0.5) is 0 Å². The highest BCUT2D eigenvalue weighted by atomic mass is 35.7. The molecule has 5 heteroatoms. The van der Waals surface area contributed by atoms with E-state index in [1.807, 2.05) is 13.8 Å². The van der Waals surface area contributed by atoms with Gasteiger partial charge in [-0.15, -0.1) is 0 Å². The van der Waals surface area contributed by atoms with E-state index in [1.165, 1.54) is 12.8 Å². The van der Waals surface area contributed by atoms with Crippen LogP contribution in [0.2, 0.25) is 0 Å². The molecule has 0 saturated carbocycles. The Morgan fingerprint density at radius 3 is 2.38 bits per heavy atom. The highest BCUT2D eigenvalue weighted by Gasteiger charge is 2.19. The quantitative estimate of drug-likeness (QED) is 0.496. The number of unbranched alkanes of at least 4 members (excludes halogenated alkanes) is 3. The molecule has 21 heavy (non-hydrogen) atoms. The van der Waals surface area contributed by atoms with Gasteiger partial charge < -0.3 is 4.74 Å². The van der Waals surface area contributed by atoms with E-state index in [-0.39, 0.29) is 10.8 Å². The number of halogens is 1. The average Bonchev–Trinajstić information content (AvgIpc) is 2.36. The van der Waals surface area contributed by atoms with Gasteiger partial charge in [0.2, 0.25) is 0 Å². The third-order valence-electron chi connectivity index (χ3n) is 3.45. The van der Waals surface area contributed by atoms with Gasteiger partial charge in [0.05, 0.1) is 11.5 Å². The molecule has 120 valence electrons. The van der Waals surface area contributed by atoms with E-state index in [0.717, 1.165) is 24.2 Å². The Labute approximate surface area is 133 Å². The lowest BCUT2D eigenvalue weighted by Gasteiger charge is -2.16. The maximum atomic E-state index is 11.6. The van der Waals surface area contributed by atoms with Crippen molar-refractivity contribution in [1.82, 2.24) is 0 Å².